The van der Waals surface area contributed by atoms with Gasteiger partial charge in [-0.15, -0.1) is 0 Å². The molecule has 1 heterocycles. The molecule has 3 atom stereocenters. The Labute approximate surface area is 156 Å². The average Bonchev–Trinajstić information content (AvgIpc) is 3.09. The van der Waals surface area contributed by atoms with Crippen molar-refractivity contribution in [2.45, 2.75) is 44.8 Å². The predicted molar refractivity (Wildman–Crippen MR) is 99.6 cm³/mol. The number of carboxylic acids is 1. The Morgan fingerprint density at radius 3 is 2.42 bits per heavy atom. The van der Waals surface area contributed by atoms with Crippen molar-refractivity contribution in [2.75, 3.05) is 12.0 Å². The van der Waals surface area contributed by atoms with Crippen LogP contribution >= 0.6 is 11.8 Å². The van der Waals surface area contributed by atoms with Crippen LogP contribution in [0.1, 0.15) is 26.0 Å². The van der Waals surface area contributed by atoms with Crippen LogP contribution in [0, 0.1) is 5.92 Å². The molecule has 1 aromatic rings. The normalized spacial score (nSPS) is 14.5. The minimum absolute atomic E-state index is 0.0980. The number of aromatic amines is 1. The van der Waals surface area contributed by atoms with Gasteiger partial charge in [0.2, 0.25) is 11.8 Å². The number of carbonyl (C=O) groups is 3. The lowest BCUT2D eigenvalue weighted by Gasteiger charge is -2.23. The molecule has 10 heteroatoms. The molecule has 6 N–H and O–H groups in total. The zero-order chi connectivity index (χ0) is 19.7. The number of H-pyrrole nitrogens is 1. The quantitative estimate of drug-likeness (QED) is 0.352. The highest BCUT2D eigenvalue weighted by molar-refractivity contribution is 7.98. The van der Waals surface area contributed by atoms with Crippen LogP contribution in [-0.4, -0.2) is 63.0 Å². The summed E-state index contributed by atoms with van der Waals surface area (Å²) in [6, 6.07) is -2.74. The lowest BCUT2D eigenvalue weighted by atomic mass is 10.0. The smallest absolute Gasteiger partial charge is 0.326 e. The average molecular weight is 385 g/mol. The first kappa shape index (κ1) is 22.0. The highest BCUT2D eigenvalue weighted by Gasteiger charge is 2.29. The summed E-state index contributed by atoms with van der Waals surface area (Å²) in [6.07, 6.45) is 5.30. The Balaban J connectivity index is 2.86. The molecule has 3 unspecified atom stereocenters. The molecule has 0 saturated heterocycles. The number of nitrogens with zero attached hydrogens (tertiary/aromatic N) is 1. The molecule has 1 aromatic heterocycles. The van der Waals surface area contributed by atoms with Gasteiger partial charge in [-0.3, -0.25) is 9.59 Å². The van der Waals surface area contributed by atoms with Crippen molar-refractivity contribution in [1.82, 2.24) is 20.6 Å². The first-order chi connectivity index (χ1) is 12.3. The van der Waals surface area contributed by atoms with E-state index in [4.69, 9.17) is 5.73 Å². The Morgan fingerprint density at radius 2 is 1.92 bits per heavy atom. The van der Waals surface area contributed by atoms with E-state index in [1.165, 1.54) is 24.3 Å². The van der Waals surface area contributed by atoms with Crippen LogP contribution in [0.3, 0.4) is 0 Å². The monoisotopic (exact) mass is 385 g/mol. The maximum atomic E-state index is 12.6. The molecule has 26 heavy (non-hydrogen) atoms. The first-order valence-electron chi connectivity index (χ1n) is 8.31. The second-order valence-corrected chi connectivity index (χ2v) is 7.28. The third-order valence-corrected chi connectivity index (χ3v) is 4.50. The van der Waals surface area contributed by atoms with Crippen molar-refractivity contribution in [3.8, 4) is 0 Å². The summed E-state index contributed by atoms with van der Waals surface area (Å²) in [5.41, 5.74) is 6.47. The Bertz CT molecular complexity index is 593. The zero-order valence-corrected chi connectivity index (χ0v) is 16.0. The standard InChI is InChI=1S/C16H27N5O4S/c1-9(2)13(17)15(23)21-12(6-10-7-18-8-19-10)14(22)20-11(16(24)25)4-5-26-3/h7-9,11-13H,4-6,17H2,1-3H3,(H,18,19)(H,20,22)(H,21,23)(H,24,25). The van der Waals surface area contributed by atoms with Gasteiger partial charge in [-0.05, 0) is 24.3 Å². The van der Waals surface area contributed by atoms with Crippen molar-refractivity contribution >= 4 is 29.5 Å². The molecule has 0 fully saturated rings. The van der Waals surface area contributed by atoms with Crippen LogP contribution in [-0.2, 0) is 20.8 Å². The van der Waals surface area contributed by atoms with Crippen LogP contribution in [0.2, 0.25) is 0 Å². The van der Waals surface area contributed by atoms with Gasteiger partial charge in [0.25, 0.3) is 0 Å². The van der Waals surface area contributed by atoms with Crippen LogP contribution in [0.4, 0.5) is 0 Å². The van der Waals surface area contributed by atoms with Crippen LogP contribution in [0.5, 0.6) is 0 Å². The number of carbonyl (C=O) groups excluding carboxylic acids is 2. The maximum absolute atomic E-state index is 12.6. The lowest BCUT2D eigenvalue weighted by Crippen LogP contribution is -2.56. The Kier molecular flexibility index (Phi) is 9.14. The first-order valence-corrected chi connectivity index (χ1v) is 9.71. The minimum atomic E-state index is -1.11. The molecular formula is C16H27N5O4S. The summed E-state index contributed by atoms with van der Waals surface area (Å²) in [5.74, 6) is -1.65. The molecular weight excluding hydrogens is 358 g/mol. The van der Waals surface area contributed by atoms with Gasteiger partial charge in [-0.25, -0.2) is 9.78 Å². The molecule has 0 radical (unpaired) electrons. The van der Waals surface area contributed by atoms with E-state index >= 15 is 0 Å². The summed E-state index contributed by atoms with van der Waals surface area (Å²) in [6.45, 7) is 3.61. The zero-order valence-electron chi connectivity index (χ0n) is 15.2. The summed E-state index contributed by atoms with van der Waals surface area (Å²) in [7, 11) is 0. The number of nitrogens with one attached hydrogen (secondary N) is 3. The Hall–Kier alpha value is -2.07. The molecule has 0 spiro atoms. The molecule has 0 aliphatic carbocycles. The van der Waals surface area contributed by atoms with E-state index in [1.54, 1.807) is 13.8 Å². The summed E-state index contributed by atoms with van der Waals surface area (Å²) >= 11 is 1.49. The molecule has 146 valence electrons. The number of nitrogens with two attached hydrogens (primary N) is 1. The Morgan fingerprint density at radius 1 is 1.27 bits per heavy atom. The molecule has 9 nitrogen and oxygen atoms in total. The van der Waals surface area contributed by atoms with Crippen molar-refractivity contribution < 1.29 is 19.5 Å². The molecule has 0 aliphatic heterocycles. The SMILES string of the molecule is CSCCC(NC(=O)C(Cc1cnc[nH]1)NC(=O)C(N)C(C)C)C(=O)O. The molecule has 0 aromatic carbocycles. The third kappa shape index (κ3) is 7.04. The molecule has 0 bridgehead atoms. The number of aliphatic carboxylic acids is 1. The fourth-order valence-electron chi connectivity index (χ4n) is 2.16. The highest BCUT2D eigenvalue weighted by Crippen LogP contribution is 2.05. The van der Waals surface area contributed by atoms with Gasteiger partial charge in [0.1, 0.15) is 12.1 Å². The second-order valence-electron chi connectivity index (χ2n) is 6.29. The highest BCUT2D eigenvalue weighted by atomic mass is 32.2. The van der Waals surface area contributed by atoms with E-state index < -0.39 is 35.9 Å². The van der Waals surface area contributed by atoms with E-state index in [2.05, 4.69) is 20.6 Å². The van der Waals surface area contributed by atoms with E-state index in [-0.39, 0.29) is 12.3 Å². The number of aromatic nitrogens is 2. The number of rotatable bonds is 11. The van der Waals surface area contributed by atoms with Crippen LogP contribution in [0.25, 0.3) is 0 Å². The third-order valence-electron chi connectivity index (χ3n) is 3.86. The van der Waals surface area contributed by atoms with Crippen molar-refractivity contribution in [1.29, 1.82) is 0 Å². The number of hydrogen-bond donors (Lipinski definition) is 5. The fraction of sp³-hybridized carbons (Fsp3) is 0.625. The molecule has 0 aliphatic rings. The van der Waals surface area contributed by atoms with E-state index in [9.17, 15) is 19.5 Å². The van der Waals surface area contributed by atoms with Gasteiger partial charge in [-0.2, -0.15) is 11.8 Å². The van der Waals surface area contributed by atoms with Crippen molar-refractivity contribution in [2.24, 2.45) is 11.7 Å². The number of amides is 2. The van der Waals surface area contributed by atoms with Gasteiger partial charge in [-0.1, -0.05) is 13.8 Å². The lowest BCUT2D eigenvalue weighted by molar-refractivity contribution is -0.142. The predicted octanol–water partition coefficient (Wildman–Crippen LogP) is -0.257. The van der Waals surface area contributed by atoms with E-state index in [1.807, 2.05) is 6.26 Å². The molecule has 0 saturated carbocycles. The largest absolute Gasteiger partial charge is 0.480 e. The van der Waals surface area contributed by atoms with Gasteiger partial charge >= 0.3 is 5.97 Å². The topological polar surface area (TPSA) is 150 Å². The second kappa shape index (κ2) is 10.8. The van der Waals surface area contributed by atoms with Crippen LogP contribution in [0.15, 0.2) is 12.5 Å². The summed E-state index contributed by atoms with van der Waals surface area (Å²) in [5, 5.41) is 14.4. The molecule has 2 amide bonds. The van der Waals surface area contributed by atoms with E-state index in [0.29, 0.717) is 17.9 Å². The van der Waals surface area contributed by atoms with Gasteiger partial charge in [0, 0.05) is 18.3 Å². The number of hydrogen-bond acceptors (Lipinski definition) is 6. The van der Waals surface area contributed by atoms with Gasteiger partial charge in [0.15, 0.2) is 0 Å². The number of imidazole rings is 1. The van der Waals surface area contributed by atoms with Crippen LogP contribution < -0.4 is 16.4 Å². The van der Waals surface area contributed by atoms with Gasteiger partial charge < -0.3 is 26.5 Å². The van der Waals surface area contributed by atoms with E-state index in [0.717, 1.165) is 0 Å². The summed E-state index contributed by atoms with van der Waals surface area (Å²) in [4.78, 5) is 43.0. The minimum Gasteiger partial charge on any atom is -0.480 e. The van der Waals surface area contributed by atoms with Gasteiger partial charge in [0.05, 0.1) is 12.4 Å². The fourth-order valence-corrected chi connectivity index (χ4v) is 2.63. The molecule has 1 rings (SSSR count). The maximum Gasteiger partial charge on any atom is 0.326 e. The summed E-state index contributed by atoms with van der Waals surface area (Å²) < 4.78 is 0. The number of thioether (sulfide) groups is 1. The number of carboxylic acid groups (broad SMARTS) is 1. The van der Waals surface area contributed by atoms with Crippen molar-refractivity contribution in [3.05, 3.63) is 18.2 Å². The van der Waals surface area contributed by atoms with Crippen molar-refractivity contribution in [3.63, 3.8) is 0 Å².